The Hall–Kier alpha value is -1.32. The van der Waals surface area contributed by atoms with E-state index in [-0.39, 0.29) is 23.9 Å². The van der Waals surface area contributed by atoms with E-state index >= 15 is 0 Å². The van der Waals surface area contributed by atoms with Crippen molar-refractivity contribution in [1.82, 2.24) is 4.90 Å². The molecule has 2 heterocycles. The molecule has 2 bridgehead atoms. The molecular formula is C12H17NO3. The van der Waals surface area contributed by atoms with E-state index in [1.165, 1.54) is 0 Å². The number of amides is 1. The van der Waals surface area contributed by atoms with Gasteiger partial charge < -0.3 is 10.0 Å². The molecule has 88 valence electrons. The molecule has 16 heavy (non-hydrogen) atoms. The van der Waals surface area contributed by atoms with Crippen molar-refractivity contribution >= 4 is 11.9 Å². The lowest BCUT2D eigenvalue weighted by Gasteiger charge is -2.22. The van der Waals surface area contributed by atoms with Gasteiger partial charge in [-0.25, -0.2) is 0 Å². The molecule has 1 amide bonds. The van der Waals surface area contributed by atoms with Crippen molar-refractivity contribution < 1.29 is 14.7 Å². The minimum absolute atomic E-state index is 0.0557. The second kappa shape index (κ2) is 4.28. The van der Waals surface area contributed by atoms with Gasteiger partial charge in [-0.15, -0.1) is 6.58 Å². The molecule has 0 aromatic rings. The van der Waals surface area contributed by atoms with Gasteiger partial charge in [0.1, 0.15) is 0 Å². The van der Waals surface area contributed by atoms with E-state index in [0.717, 1.165) is 12.8 Å². The molecule has 0 spiro atoms. The molecule has 3 unspecified atom stereocenters. The topological polar surface area (TPSA) is 57.6 Å². The van der Waals surface area contributed by atoms with Crippen LogP contribution in [0.15, 0.2) is 12.7 Å². The molecule has 0 aromatic carbocycles. The average Bonchev–Trinajstić information content (AvgIpc) is 2.82. The fourth-order valence-corrected chi connectivity index (χ4v) is 3.00. The summed E-state index contributed by atoms with van der Waals surface area (Å²) in [5.74, 6) is -1.00. The summed E-state index contributed by atoms with van der Waals surface area (Å²) in [7, 11) is 0. The van der Waals surface area contributed by atoms with Crippen molar-refractivity contribution in [2.45, 2.75) is 44.2 Å². The predicted octanol–water partition coefficient (Wildman–Crippen LogP) is 1.42. The van der Waals surface area contributed by atoms with Crippen molar-refractivity contribution in [3.63, 3.8) is 0 Å². The second-order valence-electron chi connectivity index (χ2n) is 4.61. The number of hydrogen-bond donors (Lipinski definition) is 1. The quantitative estimate of drug-likeness (QED) is 0.733. The van der Waals surface area contributed by atoms with Crippen LogP contribution in [0.5, 0.6) is 0 Å². The Morgan fingerprint density at radius 1 is 1.44 bits per heavy atom. The molecular weight excluding hydrogens is 206 g/mol. The highest BCUT2D eigenvalue weighted by molar-refractivity contribution is 5.80. The number of carboxylic acids is 1. The molecule has 2 saturated heterocycles. The maximum Gasteiger partial charge on any atom is 0.308 e. The van der Waals surface area contributed by atoms with Gasteiger partial charge in [0, 0.05) is 18.5 Å². The summed E-state index contributed by atoms with van der Waals surface area (Å²) in [6.45, 7) is 3.59. The van der Waals surface area contributed by atoms with E-state index < -0.39 is 5.97 Å². The molecule has 2 fully saturated rings. The maximum atomic E-state index is 11.9. The van der Waals surface area contributed by atoms with E-state index in [1.807, 2.05) is 4.90 Å². The van der Waals surface area contributed by atoms with Gasteiger partial charge in [-0.1, -0.05) is 6.08 Å². The largest absolute Gasteiger partial charge is 0.481 e. The van der Waals surface area contributed by atoms with Crippen LogP contribution >= 0.6 is 0 Å². The summed E-state index contributed by atoms with van der Waals surface area (Å²) in [4.78, 5) is 24.8. The first-order valence-electron chi connectivity index (χ1n) is 5.80. The van der Waals surface area contributed by atoms with Gasteiger partial charge in [0.05, 0.1) is 5.92 Å². The predicted molar refractivity (Wildman–Crippen MR) is 58.8 cm³/mol. The molecule has 0 aromatic heterocycles. The van der Waals surface area contributed by atoms with Crippen LogP contribution in [0, 0.1) is 5.92 Å². The van der Waals surface area contributed by atoms with Gasteiger partial charge in [0.2, 0.25) is 5.91 Å². The summed E-state index contributed by atoms with van der Waals surface area (Å²) >= 11 is 0. The van der Waals surface area contributed by atoms with Crippen LogP contribution in [0.1, 0.15) is 32.1 Å². The molecule has 3 atom stereocenters. The van der Waals surface area contributed by atoms with Crippen LogP contribution in [0.4, 0.5) is 0 Å². The summed E-state index contributed by atoms with van der Waals surface area (Å²) in [6, 6.07) is 0.114. The third-order valence-electron chi connectivity index (χ3n) is 3.70. The number of fused-ring (bicyclic) bond motifs is 2. The molecule has 0 saturated carbocycles. The average molecular weight is 223 g/mol. The van der Waals surface area contributed by atoms with Crippen molar-refractivity contribution in [1.29, 1.82) is 0 Å². The van der Waals surface area contributed by atoms with Crippen LogP contribution in [0.2, 0.25) is 0 Å². The SMILES string of the molecule is C=CCCC(=O)N1C2CCC1C(C(=O)O)C2. The highest BCUT2D eigenvalue weighted by Gasteiger charge is 2.50. The van der Waals surface area contributed by atoms with Crippen molar-refractivity contribution in [3.8, 4) is 0 Å². The molecule has 0 aliphatic carbocycles. The minimum atomic E-state index is -0.756. The Labute approximate surface area is 94.9 Å². The standard InChI is InChI=1S/C12H17NO3/c1-2-3-4-11(14)13-8-5-6-10(13)9(7-8)12(15)16/h2,8-10H,1,3-7H2,(H,15,16). The Kier molecular flexibility index (Phi) is 2.99. The van der Waals surface area contributed by atoms with E-state index in [1.54, 1.807) is 6.08 Å². The number of aliphatic carboxylic acids is 1. The Bertz CT molecular complexity index is 326. The number of rotatable bonds is 4. The summed E-state index contributed by atoms with van der Waals surface area (Å²) in [6.07, 6.45) is 5.31. The number of nitrogens with zero attached hydrogens (tertiary/aromatic N) is 1. The number of carbonyl (C=O) groups is 2. The first kappa shape index (κ1) is 11.2. The summed E-state index contributed by atoms with van der Waals surface area (Å²) in [5, 5.41) is 9.06. The van der Waals surface area contributed by atoms with Crippen molar-refractivity contribution in [3.05, 3.63) is 12.7 Å². The van der Waals surface area contributed by atoms with Gasteiger partial charge >= 0.3 is 5.97 Å². The van der Waals surface area contributed by atoms with Crippen molar-refractivity contribution in [2.24, 2.45) is 5.92 Å². The summed E-state index contributed by atoms with van der Waals surface area (Å²) in [5.41, 5.74) is 0. The van der Waals surface area contributed by atoms with Gasteiger partial charge in [-0.05, 0) is 25.7 Å². The van der Waals surface area contributed by atoms with Crippen LogP contribution in [-0.2, 0) is 9.59 Å². The fourth-order valence-electron chi connectivity index (χ4n) is 3.00. The van der Waals surface area contributed by atoms with Crippen molar-refractivity contribution in [2.75, 3.05) is 0 Å². The minimum Gasteiger partial charge on any atom is -0.481 e. The number of hydrogen-bond acceptors (Lipinski definition) is 2. The van der Waals surface area contributed by atoms with Gasteiger partial charge in [0.15, 0.2) is 0 Å². The van der Waals surface area contributed by atoms with E-state index in [4.69, 9.17) is 5.11 Å². The van der Waals surface area contributed by atoms with E-state index in [2.05, 4.69) is 6.58 Å². The lowest BCUT2D eigenvalue weighted by molar-refractivity contribution is -0.143. The lowest BCUT2D eigenvalue weighted by atomic mass is 9.89. The van der Waals surface area contributed by atoms with Gasteiger partial charge in [-0.2, -0.15) is 0 Å². The van der Waals surface area contributed by atoms with Gasteiger partial charge in [0.25, 0.3) is 0 Å². The highest BCUT2D eigenvalue weighted by Crippen LogP contribution is 2.42. The molecule has 2 aliphatic heterocycles. The molecule has 0 radical (unpaired) electrons. The van der Waals surface area contributed by atoms with E-state index in [9.17, 15) is 9.59 Å². The highest BCUT2D eigenvalue weighted by atomic mass is 16.4. The lowest BCUT2D eigenvalue weighted by Crippen LogP contribution is -2.37. The zero-order chi connectivity index (χ0) is 11.7. The molecule has 2 rings (SSSR count). The van der Waals surface area contributed by atoms with Crippen LogP contribution in [0.3, 0.4) is 0 Å². The van der Waals surface area contributed by atoms with Crippen LogP contribution in [-0.4, -0.2) is 34.0 Å². The zero-order valence-electron chi connectivity index (χ0n) is 9.26. The second-order valence-corrected chi connectivity index (χ2v) is 4.61. The monoisotopic (exact) mass is 223 g/mol. The van der Waals surface area contributed by atoms with Gasteiger partial charge in [-0.3, -0.25) is 9.59 Å². The normalized spacial score (nSPS) is 31.8. The Morgan fingerprint density at radius 3 is 2.75 bits per heavy atom. The van der Waals surface area contributed by atoms with Crippen LogP contribution in [0.25, 0.3) is 0 Å². The molecule has 2 aliphatic rings. The first-order valence-corrected chi connectivity index (χ1v) is 5.80. The number of allylic oxidation sites excluding steroid dienone is 1. The fraction of sp³-hybridized carbons (Fsp3) is 0.667. The molecule has 1 N–H and O–H groups in total. The number of carbonyl (C=O) groups excluding carboxylic acids is 1. The third kappa shape index (κ3) is 1.72. The zero-order valence-corrected chi connectivity index (χ0v) is 9.26. The van der Waals surface area contributed by atoms with Crippen LogP contribution < -0.4 is 0 Å². The smallest absolute Gasteiger partial charge is 0.308 e. The summed E-state index contributed by atoms with van der Waals surface area (Å²) < 4.78 is 0. The molecule has 4 nitrogen and oxygen atoms in total. The maximum absolute atomic E-state index is 11.9. The Balaban J connectivity index is 2.04. The first-order chi connectivity index (χ1) is 7.65. The number of carboxylic acid groups (broad SMARTS) is 1. The van der Waals surface area contributed by atoms with E-state index in [0.29, 0.717) is 19.3 Å². The third-order valence-corrected chi connectivity index (χ3v) is 3.70. The molecule has 4 heteroatoms. The Morgan fingerprint density at radius 2 is 2.19 bits per heavy atom.